The third kappa shape index (κ3) is 5.40. The molecule has 0 saturated carbocycles. The van der Waals surface area contributed by atoms with Crippen molar-refractivity contribution >= 4 is 60.9 Å². The summed E-state index contributed by atoms with van der Waals surface area (Å²) in [4.78, 5) is 2.44. The quantitative estimate of drug-likeness (QED) is 0.167. The van der Waals surface area contributed by atoms with Crippen molar-refractivity contribution in [2.45, 2.75) is 5.41 Å². The summed E-state index contributed by atoms with van der Waals surface area (Å²) in [5, 5.41) is 4.12. The van der Waals surface area contributed by atoms with Crippen LogP contribution in [0.2, 0.25) is 0 Å². The van der Waals surface area contributed by atoms with Crippen LogP contribution in [0.4, 0.5) is 17.1 Å². The van der Waals surface area contributed by atoms with Gasteiger partial charge in [-0.15, -0.1) is 0 Å². The fourth-order valence-electron chi connectivity index (χ4n) is 12.2. The molecule has 0 saturated heterocycles. The largest absolute Gasteiger partial charge is 0.456 e. The Morgan fingerprint density at radius 2 is 0.829 bits per heavy atom. The van der Waals surface area contributed by atoms with Crippen LogP contribution in [0.5, 0.6) is 0 Å². The number of benzene rings is 11. The second-order valence-electron chi connectivity index (χ2n) is 18.6. The Balaban J connectivity index is 1.02. The molecule has 2 heterocycles. The van der Waals surface area contributed by atoms with Gasteiger partial charge >= 0.3 is 0 Å². The Kier molecular flexibility index (Phi) is 8.28. The second kappa shape index (κ2) is 14.9. The van der Waals surface area contributed by atoms with Crippen molar-refractivity contribution in [2.24, 2.45) is 0 Å². The van der Waals surface area contributed by atoms with Crippen molar-refractivity contribution in [3.05, 3.63) is 271 Å². The number of hydrogen-bond acceptors (Lipinski definition) is 3. The van der Waals surface area contributed by atoms with E-state index in [1.807, 2.05) is 6.07 Å². The molecule has 0 atom stereocenters. The number of anilines is 3. The van der Waals surface area contributed by atoms with Crippen LogP contribution < -0.4 is 4.90 Å². The van der Waals surface area contributed by atoms with E-state index in [1.54, 1.807) is 0 Å². The maximum Gasteiger partial charge on any atom is 0.159 e. The lowest BCUT2D eigenvalue weighted by Gasteiger charge is -2.32. The van der Waals surface area contributed by atoms with Crippen molar-refractivity contribution in [3.63, 3.8) is 0 Å². The highest BCUT2D eigenvalue weighted by molar-refractivity contribution is 6.24. The van der Waals surface area contributed by atoms with E-state index in [0.717, 1.165) is 88.8 Å². The molecule has 70 heavy (non-hydrogen) atoms. The van der Waals surface area contributed by atoms with Gasteiger partial charge in [0.2, 0.25) is 0 Å². The molecule has 2 aromatic heterocycles. The minimum absolute atomic E-state index is 0.507. The van der Waals surface area contributed by atoms with Crippen molar-refractivity contribution in [3.8, 4) is 55.6 Å². The first-order valence-electron chi connectivity index (χ1n) is 24.1. The van der Waals surface area contributed by atoms with Gasteiger partial charge in [-0.25, -0.2) is 0 Å². The molecule has 1 spiro atoms. The molecule has 13 aromatic rings. The number of hydrogen-bond donors (Lipinski definition) is 0. The van der Waals surface area contributed by atoms with E-state index in [4.69, 9.17) is 8.83 Å². The summed E-state index contributed by atoms with van der Waals surface area (Å²) in [6, 6.07) is 90.3. The summed E-state index contributed by atoms with van der Waals surface area (Å²) in [5.74, 6) is 0. The summed E-state index contributed by atoms with van der Waals surface area (Å²) in [7, 11) is 0. The van der Waals surface area contributed by atoms with Gasteiger partial charge < -0.3 is 13.7 Å². The van der Waals surface area contributed by atoms with Crippen molar-refractivity contribution in [2.75, 3.05) is 4.90 Å². The van der Waals surface area contributed by atoms with E-state index >= 15 is 0 Å². The lowest BCUT2D eigenvalue weighted by Crippen LogP contribution is -2.26. The molecular weight excluding hydrogens is 851 g/mol. The van der Waals surface area contributed by atoms with Crippen molar-refractivity contribution in [1.82, 2.24) is 0 Å². The van der Waals surface area contributed by atoms with Crippen LogP contribution in [0.1, 0.15) is 22.3 Å². The van der Waals surface area contributed by atoms with E-state index < -0.39 is 5.41 Å². The Morgan fingerprint density at radius 1 is 0.300 bits per heavy atom. The smallest absolute Gasteiger partial charge is 0.159 e. The molecule has 15 rings (SSSR count). The monoisotopic (exact) mass is 891 g/mol. The molecule has 0 bridgehead atoms. The van der Waals surface area contributed by atoms with Gasteiger partial charge in [0.15, 0.2) is 5.58 Å². The number of fused-ring (bicyclic) bond motifs is 16. The predicted octanol–water partition coefficient (Wildman–Crippen LogP) is 18.3. The lowest BCUT2D eigenvalue weighted by molar-refractivity contribution is 0.665. The van der Waals surface area contributed by atoms with Gasteiger partial charge in [0, 0.05) is 38.4 Å². The molecule has 0 N–H and O–H groups in total. The number of furan rings is 2. The SMILES string of the molecule is c1ccc(-c2ccc(-c3c4oc5c(N(c6ccc7c(c6)C6(c8ccccc8-c8ccccc86)c6ccccc6-7)c6ccccc6-c6ccccc6)cccc5c4cc4oc5ccccc5c34)cc2)cc1. The van der Waals surface area contributed by atoms with Crippen molar-refractivity contribution < 1.29 is 8.83 Å². The first-order chi connectivity index (χ1) is 34.7. The number of nitrogens with zero attached hydrogens (tertiary/aromatic N) is 1. The summed E-state index contributed by atoms with van der Waals surface area (Å²) < 4.78 is 14.3. The van der Waals surface area contributed by atoms with Crippen LogP contribution in [-0.2, 0) is 5.41 Å². The van der Waals surface area contributed by atoms with E-state index in [2.05, 4.69) is 248 Å². The third-order valence-corrected chi connectivity index (χ3v) is 15.1. The normalized spacial score (nSPS) is 13.0. The first kappa shape index (κ1) is 38.9. The van der Waals surface area contributed by atoms with Crippen molar-refractivity contribution in [1.29, 1.82) is 0 Å². The van der Waals surface area contributed by atoms with Crippen LogP contribution in [0.3, 0.4) is 0 Å². The number of para-hydroxylation sites is 3. The number of rotatable bonds is 6. The van der Waals surface area contributed by atoms with E-state index in [0.29, 0.717) is 0 Å². The highest BCUT2D eigenvalue weighted by atomic mass is 16.3. The Hall–Kier alpha value is -9.18. The molecule has 3 nitrogen and oxygen atoms in total. The predicted molar refractivity (Wildman–Crippen MR) is 288 cm³/mol. The molecular formula is C67H41NO2. The van der Waals surface area contributed by atoms with E-state index in [9.17, 15) is 0 Å². The average Bonchev–Trinajstić information content (AvgIpc) is 4.16. The molecule has 2 aliphatic rings. The van der Waals surface area contributed by atoms with Gasteiger partial charge in [-0.3, -0.25) is 0 Å². The van der Waals surface area contributed by atoms with Gasteiger partial charge in [-0.1, -0.05) is 212 Å². The summed E-state index contributed by atoms with van der Waals surface area (Å²) in [5.41, 5.74) is 22.8. The molecule has 0 amide bonds. The maximum absolute atomic E-state index is 7.53. The molecule has 0 radical (unpaired) electrons. The zero-order chi connectivity index (χ0) is 45.9. The molecule has 11 aromatic carbocycles. The summed E-state index contributed by atoms with van der Waals surface area (Å²) in [6.45, 7) is 0. The minimum atomic E-state index is -0.507. The summed E-state index contributed by atoms with van der Waals surface area (Å²) in [6.07, 6.45) is 0. The van der Waals surface area contributed by atoms with Gasteiger partial charge in [0.25, 0.3) is 0 Å². The van der Waals surface area contributed by atoms with Gasteiger partial charge in [0.1, 0.15) is 16.7 Å². The van der Waals surface area contributed by atoms with E-state index in [1.165, 1.54) is 50.1 Å². The van der Waals surface area contributed by atoms with Crippen LogP contribution in [-0.4, -0.2) is 0 Å². The van der Waals surface area contributed by atoms with Crippen LogP contribution in [0, 0.1) is 0 Å². The Bertz CT molecular complexity index is 4170. The zero-order valence-corrected chi connectivity index (χ0v) is 37.9. The molecule has 326 valence electrons. The molecule has 0 unspecified atom stereocenters. The first-order valence-corrected chi connectivity index (χ1v) is 24.1. The highest BCUT2D eigenvalue weighted by Crippen LogP contribution is 2.63. The Labute approximate surface area is 404 Å². The third-order valence-electron chi connectivity index (χ3n) is 15.1. The fraction of sp³-hybridized carbons (Fsp3) is 0.0149. The fourth-order valence-corrected chi connectivity index (χ4v) is 12.2. The van der Waals surface area contributed by atoms with Crippen LogP contribution in [0.25, 0.3) is 99.5 Å². The van der Waals surface area contributed by atoms with Gasteiger partial charge in [0.05, 0.1) is 16.8 Å². The Morgan fingerprint density at radius 3 is 1.53 bits per heavy atom. The zero-order valence-electron chi connectivity index (χ0n) is 37.9. The lowest BCUT2D eigenvalue weighted by atomic mass is 9.70. The molecule has 0 aliphatic heterocycles. The summed E-state index contributed by atoms with van der Waals surface area (Å²) >= 11 is 0. The van der Waals surface area contributed by atoms with Crippen LogP contribution in [0.15, 0.2) is 258 Å². The standard InChI is InChI=1S/C67H41NO2/c1-3-18-42(19-4-1)43-34-36-45(37-35-43)63-64-53-26-11-16-33-61(53)69-62(64)41-54-52-27-17-32-60(65(52)70-66(54)63)68(59-31-15-10-22-47(59)44-20-5-2-6-21-44)46-38-39-51-50-25-9-14-30-57(50)67(58(51)40-46)55-28-12-7-23-48(55)49-24-8-13-29-56(49)67/h1-41H. The van der Waals surface area contributed by atoms with Gasteiger partial charge in [-0.2, -0.15) is 0 Å². The average molecular weight is 892 g/mol. The second-order valence-corrected chi connectivity index (χ2v) is 18.6. The van der Waals surface area contributed by atoms with Crippen LogP contribution >= 0.6 is 0 Å². The van der Waals surface area contributed by atoms with Gasteiger partial charge in [-0.05, 0) is 103 Å². The van der Waals surface area contributed by atoms with E-state index in [-0.39, 0.29) is 0 Å². The maximum atomic E-state index is 7.53. The molecule has 0 fully saturated rings. The highest BCUT2D eigenvalue weighted by Gasteiger charge is 2.51. The minimum Gasteiger partial charge on any atom is -0.456 e. The topological polar surface area (TPSA) is 29.5 Å². The molecule has 2 aliphatic carbocycles. The molecule has 3 heteroatoms.